The lowest BCUT2D eigenvalue weighted by atomic mass is 10.00. The van der Waals surface area contributed by atoms with Crippen molar-refractivity contribution in [2.24, 2.45) is 0 Å². The van der Waals surface area contributed by atoms with Crippen molar-refractivity contribution in [2.45, 2.75) is 0 Å². The van der Waals surface area contributed by atoms with Gasteiger partial charge in [0.2, 0.25) is 5.78 Å². The Bertz CT molecular complexity index is 1050. The van der Waals surface area contributed by atoms with E-state index >= 15 is 0 Å². The van der Waals surface area contributed by atoms with Crippen LogP contribution in [0.2, 0.25) is 0 Å². The molecule has 26 heavy (non-hydrogen) atoms. The van der Waals surface area contributed by atoms with E-state index < -0.39 is 0 Å². The van der Waals surface area contributed by atoms with Gasteiger partial charge in [-0.15, -0.1) is 0 Å². The zero-order valence-electron chi connectivity index (χ0n) is 13.9. The third-order valence-electron chi connectivity index (χ3n) is 4.33. The van der Waals surface area contributed by atoms with E-state index in [1.165, 1.54) is 0 Å². The molecule has 0 atom stereocenters. The molecule has 1 heterocycles. The fraction of sp³-hybridized carbons (Fsp3) is 0. The van der Waals surface area contributed by atoms with Gasteiger partial charge in [0.1, 0.15) is 0 Å². The summed E-state index contributed by atoms with van der Waals surface area (Å²) in [4.78, 5) is 16.5. The summed E-state index contributed by atoms with van der Waals surface area (Å²) in [5, 5.41) is 0. The quantitative estimate of drug-likeness (QED) is 0.397. The predicted molar refractivity (Wildman–Crippen MR) is 109 cm³/mol. The van der Waals surface area contributed by atoms with Crippen molar-refractivity contribution < 1.29 is 4.79 Å². The second-order valence-corrected chi connectivity index (χ2v) is 6.87. The van der Waals surface area contributed by atoms with Crippen LogP contribution in [-0.2, 0) is 0 Å². The molecule has 2 nitrogen and oxygen atoms in total. The van der Waals surface area contributed by atoms with Gasteiger partial charge in [0.25, 0.3) is 0 Å². The van der Waals surface area contributed by atoms with Gasteiger partial charge in [0.05, 0.1) is 5.69 Å². The van der Waals surface area contributed by atoms with Crippen LogP contribution in [0.15, 0.2) is 95.5 Å². The summed E-state index contributed by atoms with van der Waals surface area (Å²) < 4.78 is 0.959. The van der Waals surface area contributed by atoms with E-state index in [4.69, 9.17) is 0 Å². The van der Waals surface area contributed by atoms with E-state index in [0.29, 0.717) is 11.3 Å². The summed E-state index contributed by atoms with van der Waals surface area (Å²) >= 11 is 3.61. The maximum atomic E-state index is 13.1. The van der Waals surface area contributed by atoms with Gasteiger partial charge in [-0.25, -0.2) is 0 Å². The summed E-state index contributed by atoms with van der Waals surface area (Å²) in [6, 6.07) is 29.4. The number of ketones is 1. The van der Waals surface area contributed by atoms with Crippen molar-refractivity contribution in [2.75, 3.05) is 0 Å². The fourth-order valence-corrected chi connectivity index (χ4v) is 3.53. The first-order chi connectivity index (χ1) is 12.7. The van der Waals surface area contributed by atoms with Crippen LogP contribution in [-0.4, -0.2) is 10.8 Å². The van der Waals surface area contributed by atoms with Gasteiger partial charge in [-0.2, -0.15) is 0 Å². The first-order valence-electron chi connectivity index (χ1n) is 8.37. The molecule has 0 saturated heterocycles. The number of nitrogens with one attached hydrogen (secondary N) is 1. The number of halogens is 1. The van der Waals surface area contributed by atoms with Crippen molar-refractivity contribution in [3.8, 4) is 22.4 Å². The Morgan fingerprint density at radius 1 is 0.731 bits per heavy atom. The zero-order chi connectivity index (χ0) is 17.9. The Labute approximate surface area is 160 Å². The lowest BCUT2D eigenvalue weighted by Crippen LogP contribution is -2.03. The van der Waals surface area contributed by atoms with E-state index in [0.717, 1.165) is 26.9 Å². The van der Waals surface area contributed by atoms with E-state index in [2.05, 4.69) is 20.9 Å². The molecular formula is C23H16BrNO. The molecule has 4 rings (SSSR count). The van der Waals surface area contributed by atoms with Crippen LogP contribution in [0.5, 0.6) is 0 Å². The van der Waals surface area contributed by atoms with Gasteiger partial charge in [0, 0.05) is 21.3 Å². The number of carbonyl (C=O) groups is 1. The second kappa shape index (κ2) is 7.14. The number of aromatic amines is 1. The average molecular weight is 402 g/mol. The highest BCUT2D eigenvalue weighted by Gasteiger charge is 2.20. The summed E-state index contributed by atoms with van der Waals surface area (Å²) in [6.45, 7) is 0. The molecule has 0 aliphatic heterocycles. The third-order valence-corrected chi connectivity index (χ3v) is 5.02. The molecule has 0 aliphatic carbocycles. The minimum Gasteiger partial charge on any atom is -0.351 e. The van der Waals surface area contributed by atoms with Crippen molar-refractivity contribution in [3.05, 3.63) is 107 Å². The molecule has 0 saturated carbocycles. The number of hydrogen-bond acceptors (Lipinski definition) is 1. The Hall–Kier alpha value is -2.91. The predicted octanol–water partition coefficient (Wildman–Crippen LogP) is 6.34. The summed E-state index contributed by atoms with van der Waals surface area (Å²) in [6.07, 6.45) is 0. The average Bonchev–Trinajstić information content (AvgIpc) is 3.14. The molecule has 0 amide bonds. The molecule has 0 fully saturated rings. The highest BCUT2D eigenvalue weighted by atomic mass is 79.9. The van der Waals surface area contributed by atoms with Gasteiger partial charge < -0.3 is 4.98 Å². The minimum absolute atomic E-state index is 0.0152. The molecule has 4 aromatic rings. The van der Waals surface area contributed by atoms with E-state index in [9.17, 15) is 4.79 Å². The molecule has 1 N–H and O–H groups in total. The zero-order valence-corrected chi connectivity index (χ0v) is 15.5. The standard InChI is InChI=1S/C23H16BrNO/c24-20-14-8-7-13-18(20)19-15-21(16-9-3-1-4-10-16)25-22(19)23(26)17-11-5-2-6-12-17/h1-15,25H. The van der Waals surface area contributed by atoms with Gasteiger partial charge in [0.15, 0.2) is 0 Å². The molecule has 3 heteroatoms. The molecule has 0 radical (unpaired) electrons. The molecular weight excluding hydrogens is 386 g/mol. The number of H-pyrrole nitrogens is 1. The summed E-state index contributed by atoms with van der Waals surface area (Å²) in [5.74, 6) is -0.0152. The highest BCUT2D eigenvalue weighted by molar-refractivity contribution is 9.10. The molecule has 0 spiro atoms. The number of aromatic nitrogens is 1. The van der Waals surface area contributed by atoms with Crippen molar-refractivity contribution in [1.29, 1.82) is 0 Å². The van der Waals surface area contributed by atoms with E-state index in [1.54, 1.807) is 0 Å². The van der Waals surface area contributed by atoms with Gasteiger partial charge in [-0.1, -0.05) is 94.8 Å². The molecule has 0 aliphatic rings. The largest absolute Gasteiger partial charge is 0.351 e. The van der Waals surface area contributed by atoms with Crippen molar-refractivity contribution in [1.82, 2.24) is 4.98 Å². The van der Waals surface area contributed by atoms with Gasteiger partial charge in [-0.05, 0) is 23.3 Å². The van der Waals surface area contributed by atoms with Crippen LogP contribution >= 0.6 is 15.9 Å². The van der Waals surface area contributed by atoms with Gasteiger partial charge in [-0.3, -0.25) is 4.79 Å². The molecule has 126 valence electrons. The van der Waals surface area contributed by atoms with E-state index in [1.807, 2.05) is 91.0 Å². The molecule has 0 bridgehead atoms. The summed E-state index contributed by atoms with van der Waals surface area (Å²) in [7, 11) is 0. The smallest absolute Gasteiger partial charge is 0.209 e. The maximum Gasteiger partial charge on any atom is 0.209 e. The highest BCUT2D eigenvalue weighted by Crippen LogP contribution is 2.35. The Kier molecular flexibility index (Phi) is 4.55. The van der Waals surface area contributed by atoms with Crippen LogP contribution in [0.1, 0.15) is 16.1 Å². The molecule has 1 aromatic heterocycles. The third kappa shape index (κ3) is 3.14. The van der Waals surface area contributed by atoms with Crippen LogP contribution in [0.3, 0.4) is 0 Å². The van der Waals surface area contributed by atoms with Crippen LogP contribution in [0.4, 0.5) is 0 Å². The molecule has 0 unspecified atom stereocenters. The molecule has 3 aromatic carbocycles. The Morgan fingerprint density at radius 2 is 1.35 bits per heavy atom. The lowest BCUT2D eigenvalue weighted by molar-refractivity contribution is 0.103. The maximum absolute atomic E-state index is 13.1. The van der Waals surface area contributed by atoms with Crippen molar-refractivity contribution in [3.63, 3.8) is 0 Å². The van der Waals surface area contributed by atoms with Crippen LogP contribution < -0.4 is 0 Å². The monoisotopic (exact) mass is 401 g/mol. The lowest BCUT2D eigenvalue weighted by Gasteiger charge is -2.06. The second-order valence-electron chi connectivity index (χ2n) is 6.01. The fourth-order valence-electron chi connectivity index (χ4n) is 3.03. The van der Waals surface area contributed by atoms with E-state index in [-0.39, 0.29) is 5.78 Å². The normalized spacial score (nSPS) is 10.7. The van der Waals surface area contributed by atoms with Crippen LogP contribution in [0, 0.1) is 0 Å². The topological polar surface area (TPSA) is 32.9 Å². The first-order valence-corrected chi connectivity index (χ1v) is 9.16. The van der Waals surface area contributed by atoms with Crippen LogP contribution in [0.25, 0.3) is 22.4 Å². The number of hydrogen-bond donors (Lipinski definition) is 1. The first kappa shape index (κ1) is 16.6. The number of benzene rings is 3. The minimum atomic E-state index is -0.0152. The van der Waals surface area contributed by atoms with Crippen molar-refractivity contribution >= 4 is 21.7 Å². The number of rotatable bonds is 4. The number of carbonyl (C=O) groups excluding carboxylic acids is 1. The SMILES string of the molecule is O=C(c1ccccc1)c1[nH]c(-c2ccccc2)cc1-c1ccccc1Br. The Balaban J connectivity index is 1.90. The van der Waals surface area contributed by atoms with Gasteiger partial charge >= 0.3 is 0 Å². The summed E-state index contributed by atoms with van der Waals surface area (Å²) in [5.41, 5.74) is 5.13. The Morgan fingerprint density at radius 3 is 2.04 bits per heavy atom.